The number of carbonyl (C=O) groups is 1. The van der Waals surface area contributed by atoms with Gasteiger partial charge < -0.3 is 19.7 Å². The van der Waals surface area contributed by atoms with Gasteiger partial charge >= 0.3 is 0 Å². The lowest BCUT2D eigenvalue weighted by molar-refractivity contribution is 0.0951. The summed E-state index contributed by atoms with van der Waals surface area (Å²) in [5.41, 5.74) is 3.60. The number of aromatic nitrogens is 2. The first-order valence-corrected chi connectivity index (χ1v) is 11.5. The molecule has 1 heterocycles. The molecule has 1 N–H and O–H groups in total. The lowest BCUT2D eigenvalue weighted by Crippen LogP contribution is -2.23. The maximum absolute atomic E-state index is 13.3. The number of hydrogen-bond donors (Lipinski definition) is 1. The minimum absolute atomic E-state index is 0.216. The van der Waals surface area contributed by atoms with E-state index in [0.29, 0.717) is 30.2 Å². The van der Waals surface area contributed by atoms with Gasteiger partial charge in [0.1, 0.15) is 23.8 Å². The SMILES string of the molecule is COc1ccccc1-c1nn(-c2ccccc2)cc1C(=O)NCc1cccc(OCCN(C)C)c1. The van der Waals surface area contributed by atoms with Crippen LogP contribution in [0.4, 0.5) is 0 Å². The standard InChI is InChI=1S/C28H30N4O3/c1-31(2)16-17-35-23-13-9-10-21(18-23)19-29-28(33)25-20-32(22-11-5-4-6-12-22)30-27(25)24-14-7-8-15-26(24)34-3/h4-15,18,20H,16-17,19H2,1-3H3,(H,29,33). The van der Waals surface area contributed by atoms with Gasteiger partial charge in [-0.3, -0.25) is 4.79 Å². The lowest BCUT2D eigenvalue weighted by Gasteiger charge is -2.12. The summed E-state index contributed by atoms with van der Waals surface area (Å²) in [6.45, 7) is 1.80. The van der Waals surface area contributed by atoms with Crippen LogP contribution in [-0.2, 0) is 6.54 Å². The first kappa shape index (κ1) is 24.0. The second-order valence-electron chi connectivity index (χ2n) is 8.35. The molecule has 0 atom stereocenters. The van der Waals surface area contributed by atoms with Gasteiger partial charge in [0, 0.05) is 24.8 Å². The molecule has 4 rings (SSSR count). The Bertz CT molecular complexity index is 1270. The van der Waals surface area contributed by atoms with E-state index in [-0.39, 0.29) is 5.91 Å². The molecule has 0 unspecified atom stereocenters. The van der Waals surface area contributed by atoms with Gasteiger partial charge in [-0.2, -0.15) is 5.10 Å². The first-order chi connectivity index (χ1) is 17.0. The number of benzene rings is 3. The van der Waals surface area contributed by atoms with E-state index in [2.05, 4.69) is 10.2 Å². The van der Waals surface area contributed by atoms with Crippen molar-refractivity contribution in [1.29, 1.82) is 0 Å². The van der Waals surface area contributed by atoms with E-state index in [1.165, 1.54) is 0 Å². The summed E-state index contributed by atoms with van der Waals surface area (Å²) in [5, 5.41) is 7.78. The highest BCUT2D eigenvalue weighted by Crippen LogP contribution is 2.31. The summed E-state index contributed by atoms with van der Waals surface area (Å²) < 4.78 is 13.1. The fourth-order valence-electron chi connectivity index (χ4n) is 3.66. The zero-order valence-electron chi connectivity index (χ0n) is 20.3. The highest BCUT2D eigenvalue weighted by Gasteiger charge is 2.21. The van der Waals surface area contributed by atoms with Gasteiger partial charge in [-0.15, -0.1) is 0 Å². The minimum Gasteiger partial charge on any atom is -0.496 e. The van der Waals surface area contributed by atoms with E-state index in [4.69, 9.17) is 14.6 Å². The number of ether oxygens (including phenoxy) is 2. The summed E-state index contributed by atoms with van der Waals surface area (Å²) >= 11 is 0. The fourth-order valence-corrected chi connectivity index (χ4v) is 3.66. The Kier molecular flexibility index (Phi) is 7.80. The maximum atomic E-state index is 13.3. The van der Waals surface area contributed by atoms with Gasteiger partial charge in [0.25, 0.3) is 5.91 Å². The molecule has 0 saturated carbocycles. The summed E-state index contributed by atoms with van der Waals surface area (Å²) in [6.07, 6.45) is 1.76. The van der Waals surface area contributed by atoms with Crippen LogP contribution < -0.4 is 14.8 Å². The van der Waals surface area contributed by atoms with Crippen molar-refractivity contribution in [3.8, 4) is 28.4 Å². The number of hydrogen-bond acceptors (Lipinski definition) is 5. The zero-order chi connectivity index (χ0) is 24.6. The highest BCUT2D eigenvalue weighted by molar-refractivity contribution is 6.00. The van der Waals surface area contributed by atoms with Crippen molar-refractivity contribution in [3.63, 3.8) is 0 Å². The Morgan fingerprint density at radius 1 is 1.00 bits per heavy atom. The van der Waals surface area contributed by atoms with Crippen LogP contribution in [0.25, 0.3) is 16.9 Å². The number of carbonyl (C=O) groups excluding carboxylic acids is 1. The fraction of sp³-hybridized carbons (Fsp3) is 0.214. The molecule has 0 aliphatic heterocycles. The van der Waals surface area contributed by atoms with Crippen LogP contribution in [0, 0.1) is 0 Å². The number of likely N-dealkylation sites (N-methyl/N-ethyl adjacent to an activating group) is 1. The minimum atomic E-state index is -0.216. The average Bonchev–Trinajstić information content (AvgIpc) is 3.33. The van der Waals surface area contributed by atoms with Crippen molar-refractivity contribution in [1.82, 2.24) is 20.0 Å². The lowest BCUT2D eigenvalue weighted by atomic mass is 10.1. The summed E-state index contributed by atoms with van der Waals surface area (Å²) in [5.74, 6) is 1.22. The molecule has 1 amide bonds. The topological polar surface area (TPSA) is 68.6 Å². The predicted octanol–water partition coefficient (Wildman–Crippen LogP) is 4.42. The average molecular weight is 471 g/mol. The number of amides is 1. The van der Waals surface area contributed by atoms with E-state index in [1.807, 2.05) is 93.0 Å². The van der Waals surface area contributed by atoms with Gasteiger partial charge in [-0.1, -0.05) is 42.5 Å². The van der Waals surface area contributed by atoms with E-state index < -0.39 is 0 Å². The van der Waals surface area contributed by atoms with Gasteiger partial charge in [-0.05, 0) is 56.1 Å². The van der Waals surface area contributed by atoms with Crippen LogP contribution in [0.15, 0.2) is 85.1 Å². The molecule has 1 aromatic heterocycles. The highest BCUT2D eigenvalue weighted by atomic mass is 16.5. The molecule has 0 aliphatic rings. The Morgan fingerprint density at radius 2 is 1.77 bits per heavy atom. The third kappa shape index (κ3) is 6.07. The van der Waals surface area contributed by atoms with Crippen LogP contribution in [0.1, 0.15) is 15.9 Å². The third-order valence-electron chi connectivity index (χ3n) is 5.50. The predicted molar refractivity (Wildman–Crippen MR) is 137 cm³/mol. The van der Waals surface area contributed by atoms with E-state index in [0.717, 1.165) is 29.1 Å². The van der Waals surface area contributed by atoms with E-state index in [1.54, 1.807) is 18.0 Å². The zero-order valence-corrected chi connectivity index (χ0v) is 20.3. The normalized spacial score (nSPS) is 10.9. The molecule has 0 bridgehead atoms. The van der Waals surface area contributed by atoms with Crippen molar-refractivity contribution in [2.75, 3.05) is 34.4 Å². The summed E-state index contributed by atoms with van der Waals surface area (Å²) in [6, 6.07) is 25.0. The Morgan fingerprint density at radius 3 is 2.54 bits per heavy atom. The molecule has 4 aromatic rings. The Balaban J connectivity index is 1.57. The Hall–Kier alpha value is -4.10. The molecule has 0 aliphatic carbocycles. The van der Waals surface area contributed by atoms with E-state index >= 15 is 0 Å². The smallest absolute Gasteiger partial charge is 0.255 e. The second kappa shape index (κ2) is 11.4. The van der Waals surface area contributed by atoms with Crippen molar-refractivity contribution in [2.24, 2.45) is 0 Å². The van der Waals surface area contributed by atoms with Crippen LogP contribution in [0.3, 0.4) is 0 Å². The van der Waals surface area contributed by atoms with Crippen LogP contribution in [-0.4, -0.2) is 54.9 Å². The first-order valence-electron chi connectivity index (χ1n) is 11.5. The van der Waals surface area contributed by atoms with E-state index in [9.17, 15) is 4.79 Å². The van der Waals surface area contributed by atoms with Crippen molar-refractivity contribution in [3.05, 3.63) is 96.2 Å². The molecular weight excluding hydrogens is 440 g/mol. The molecule has 0 fully saturated rings. The van der Waals surface area contributed by atoms with Crippen LogP contribution in [0.2, 0.25) is 0 Å². The van der Waals surface area contributed by atoms with Gasteiger partial charge in [-0.25, -0.2) is 4.68 Å². The van der Waals surface area contributed by atoms with Crippen molar-refractivity contribution >= 4 is 5.91 Å². The summed E-state index contributed by atoms with van der Waals surface area (Å²) in [7, 11) is 5.63. The maximum Gasteiger partial charge on any atom is 0.255 e. The molecular formula is C28H30N4O3. The van der Waals surface area contributed by atoms with Gasteiger partial charge in [0.05, 0.1) is 18.4 Å². The number of nitrogens with zero attached hydrogens (tertiary/aromatic N) is 3. The molecule has 7 nitrogen and oxygen atoms in total. The molecule has 7 heteroatoms. The van der Waals surface area contributed by atoms with Gasteiger partial charge in [0.2, 0.25) is 0 Å². The third-order valence-corrected chi connectivity index (χ3v) is 5.50. The molecule has 0 saturated heterocycles. The second-order valence-corrected chi connectivity index (χ2v) is 8.35. The number of methoxy groups -OCH3 is 1. The monoisotopic (exact) mass is 470 g/mol. The molecule has 3 aromatic carbocycles. The number of para-hydroxylation sites is 2. The largest absolute Gasteiger partial charge is 0.496 e. The Labute approximate surface area is 205 Å². The molecule has 0 radical (unpaired) electrons. The quantitative estimate of drug-likeness (QED) is 0.372. The van der Waals surface area contributed by atoms with Crippen LogP contribution in [0.5, 0.6) is 11.5 Å². The molecule has 0 spiro atoms. The number of rotatable bonds is 10. The number of nitrogens with one attached hydrogen (secondary N) is 1. The van der Waals surface area contributed by atoms with Crippen LogP contribution >= 0.6 is 0 Å². The summed E-state index contributed by atoms with van der Waals surface area (Å²) in [4.78, 5) is 15.4. The molecule has 35 heavy (non-hydrogen) atoms. The van der Waals surface area contributed by atoms with Gasteiger partial charge in [0.15, 0.2) is 0 Å². The van der Waals surface area contributed by atoms with Crippen molar-refractivity contribution in [2.45, 2.75) is 6.54 Å². The van der Waals surface area contributed by atoms with Crippen molar-refractivity contribution < 1.29 is 14.3 Å². The molecule has 180 valence electrons.